The van der Waals surface area contributed by atoms with Crippen LogP contribution in [0, 0.1) is 0 Å². The van der Waals surface area contributed by atoms with Crippen LogP contribution in [0.4, 0.5) is 17.6 Å². The SMILES string of the molecule is CCC(F)[C@@H](F)CC(F)F. The van der Waals surface area contributed by atoms with Crippen molar-refractivity contribution in [2.75, 3.05) is 0 Å². The fraction of sp³-hybridized carbons (Fsp3) is 1.00. The molecule has 10 heavy (non-hydrogen) atoms. The first-order valence-corrected chi connectivity index (χ1v) is 3.14. The minimum absolute atomic E-state index is 0.0477. The third-order valence-corrected chi connectivity index (χ3v) is 1.19. The van der Waals surface area contributed by atoms with Gasteiger partial charge in [0.2, 0.25) is 6.43 Å². The Bertz CT molecular complexity index is 83.8. The van der Waals surface area contributed by atoms with E-state index in [0.29, 0.717) is 0 Å². The Morgan fingerprint density at radius 3 is 1.80 bits per heavy atom. The number of alkyl halides is 4. The summed E-state index contributed by atoms with van der Waals surface area (Å²) >= 11 is 0. The van der Waals surface area contributed by atoms with Gasteiger partial charge in [0.25, 0.3) is 0 Å². The molecule has 62 valence electrons. The largest absolute Gasteiger partial charge is 0.244 e. The fourth-order valence-electron chi connectivity index (χ4n) is 0.574. The van der Waals surface area contributed by atoms with E-state index in [9.17, 15) is 17.6 Å². The number of hydrogen-bond acceptors (Lipinski definition) is 0. The molecular formula is C6H10F4. The van der Waals surface area contributed by atoms with Crippen LogP contribution in [0.2, 0.25) is 0 Å². The van der Waals surface area contributed by atoms with E-state index in [1.807, 2.05) is 0 Å². The Morgan fingerprint density at radius 1 is 1.00 bits per heavy atom. The van der Waals surface area contributed by atoms with Gasteiger partial charge in [-0.3, -0.25) is 0 Å². The highest BCUT2D eigenvalue weighted by atomic mass is 19.3. The molecule has 2 atom stereocenters. The summed E-state index contributed by atoms with van der Waals surface area (Å²) in [5.41, 5.74) is 0. The van der Waals surface area contributed by atoms with Crippen LogP contribution < -0.4 is 0 Å². The second-order valence-corrected chi connectivity index (χ2v) is 2.07. The Balaban J connectivity index is 3.50. The molecule has 0 aliphatic rings. The predicted molar refractivity (Wildman–Crippen MR) is 30.7 cm³/mol. The van der Waals surface area contributed by atoms with Gasteiger partial charge in [0.15, 0.2) is 0 Å². The van der Waals surface area contributed by atoms with Crippen LogP contribution in [0.5, 0.6) is 0 Å². The van der Waals surface area contributed by atoms with Gasteiger partial charge in [-0.05, 0) is 6.42 Å². The van der Waals surface area contributed by atoms with E-state index in [-0.39, 0.29) is 6.42 Å². The lowest BCUT2D eigenvalue weighted by Crippen LogP contribution is -2.18. The van der Waals surface area contributed by atoms with Crippen molar-refractivity contribution in [3.8, 4) is 0 Å². The van der Waals surface area contributed by atoms with Crippen LogP contribution in [0.1, 0.15) is 19.8 Å². The van der Waals surface area contributed by atoms with Crippen molar-refractivity contribution in [1.29, 1.82) is 0 Å². The van der Waals surface area contributed by atoms with Crippen molar-refractivity contribution in [3.05, 3.63) is 0 Å². The standard InChI is InChI=1S/C6H10F4/c1-2-4(7)5(8)3-6(9)10/h4-6H,2-3H2,1H3/t4?,5-/m0/s1. The van der Waals surface area contributed by atoms with Gasteiger partial charge in [-0.25, -0.2) is 17.6 Å². The summed E-state index contributed by atoms with van der Waals surface area (Å²) in [4.78, 5) is 0. The summed E-state index contributed by atoms with van der Waals surface area (Å²) < 4.78 is 47.1. The molecule has 0 aliphatic heterocycles. The van der Waals surface area contributed by atoms with E-state index in [1.165, 1.54) is 6.92 Å². The van der Waals surface area contributed by atoms with Crippen LogP contribution in [-0.4, -0.2) is 18.8 Å². The second-order valence-electron chi connectivity index (χ2n) is 2.07. The molecule has 0 rings (SSSR count). The monoisotopic (exact) mass is 158 g/mol. The zero-order valence-corrected chi connectivity index (χ0v) is 5.66. The molecule has 1 unspecified atom stereocenters. The molecule has 0 bridgehead atoms. The van der Waals surface area contributed by atoms with Crippen molar-refractivity contribution < 1.29 is 17.6 Å². The molecule has 0 aromatic carbocycles. The summed E-state index contributed by atoms with van der Waals surface area (Å²) in [5, 5.41) is 0. The minimum Gasteiger partial charge on any atom is -0.244 e. The fourth-order valence-corrected chi connectivity index (χ4v) is 0.574. The first kappa shape index (κ1) is 9.72. The number of rotatable bonds is 4. The van der Waals surface area contributed by atoms with Crippen LogP contribution >= 0.6 is 0 Å². The minimum atomic E-state index is -2.75. The van der Waals surface area contributed by atoms with Crippen LogP contribution in [0.25, 0.3) is 0 Å². The smallest absolute Gasteiger partial charge is 0.241 e. The molecular weight excluding hydrogens is 148 g/mol. The van der Waals surface area contributed by atoms with E-state index in [2.05, 4.69) is 0 Å². The van der Waals surface area contributed by atoms with E-state index < -0.39 is 25.2 Å². The summed E-state index contributed by atoms with van der Waals surface area (Å²) in [6.45, 7) is 1.42. The Labute approximate surface area is 57.2 Å². The predicted octanol–water partition coefficient (Wildman–Crippen LogP) is 2.73. The molecule has 0 aliphatic carbocycles. The van der Waals surface area contributed by atoms with Gasteiger partial charge in [0.05, 0.1) is 0 Å². The molecule has 0 spiro atoms. The molecule has 0 heterocycles. The van der Waals surface area contributed by atoms with Gasteiger partial charge in [0, 0.05) is 6.42 Å². The summed E-state index contributed by atoms with van der Waals surface area (Å²) in [7, 11) is 0. The Hall–Kier alpha value is -0.280. The maximum absolute atomic E-state index is 12.2. The molecule has 4 heteroatoms. The third-order valence-electron chi connectivity index (χ3n) is 1.19. The molecule has 0 radical (unpaired) electrons. The second kappa shape index (κ2) is 4.52. The van der Waals surface area contributed by atoms with Crippen molar-refractivity contribution >= 4 is 0 Å². The summed E-state index contributed by atoms with van der Waals surface area (Å²) in [5.74, 6) is 0. The molecule has 0 N–H and O–H groups in total. The summed E-state index contributed by atoms with van der Waals surface area (Å²) in [6, 6.07) is 0. The van der Waals surface area contributed by atoms with Gasteiger partial charge in [-0.15, -0.1) is 0 Å². The lowest BCUT2D eigenvalue weighted by Gasteiger charge is -2.09. The van der Waals surface area contributed by atoms with Crippen molar-refractivity contribution in [1.82, 2.24) is 0 Å². The van der Waals surface area contributed by atoms with Gasteiger partial charge >= 0.3 is 0 Å². The number of hydrogen-bond donors (Lipinski definition) is 0. The van der Waals surface area contributed by atoms with Crippen molar-refractivity contribution in [3.63, 3.8) is 0 Å². The van der Waals surface area contributed by atoms with Gasteiger partial charge < -0.3 is 0 Å². The maximum atomic E-state index is 12.2. The normalized spacial score (nSPS) is 17.4. The highest BCUT2D eigenvalue weighted by Crippen LogP contribution is 2.15. The van der Waals surface area contributed by atoms with E-state index in [4.69, 9.17) is 0 Å². The Morgan fingerprint density at radius 2 is 1.50 bits per heavy atom. The topological polar surface area (TPSA) is 0 Å². The Kier molecular flexibility index (Phi) is 4.40. The molecule has 0 saturated carbocycles. The van der Waals surface area contributed by atoms with Gasteiger partial charge in [0.1, 0.15) is 12.3 Å². The average molecular weight is 158 g/mol. The zero-order valence-electron chi connectivity index (χ0n) is 5.66. The molecule has 0 aromatic heterocycles. The first-order valence-electron chi connectivity index (χ1n) is 3.14. The molecule has 0 fully saturated rings. The lowest BCUT2D eigenvalue weighted by atomic mass is 10.1. The van der Waals surface area contributed by atoms with E-state index in [0.717, 1.165) is 0 Å². The van der Waals surface area contributed by atoms with Crippen molar-refractivity contribution in [2.45, 2.75) is 38.5 Å². The van der Waals surface area contributed by atoms with Crippen LogP contribution in [0.15, 0.2) is 0 Å². The molecule has 0 saturated heterocycles. The van der Waals surface area contributed by atoms with Crippen LogP contribution in [-0.2, 0) is 0 Å². The summed E-state index contributed by atoms with van der Waals surface area (Å²) in [6.07, 6.45) is -7.54. The lowest BCUT2D eigenvalue weighted by molar-refractivity contribution is 0.0633. The highest BCUT2D eigenvalue weighted by Gasteiger charge is 2.22. The highest BCUT2D eigenvalue weighted by molar-refractivity contribution is 4.66. The average Bonchev–Trinajstić information content (AvgIpc) is 1.85. The van der Waals surface area contributed by atoms with Gasteiger partial charge in [-0.1, -0.05) is 6.92 Å². The first-order chi connectivity index (χ1) is 4.57. The van der Waals surface area contributed by atoms with Crippen molar-refractivity contribution in [2.24, 2.45) is 0 Å². The van der Waals surface area contributed by atoms with E-state index >= 15 is 0 Å². The van der Waals surface area contributed by atoms with Gasteiger partial charge in [-0.2, -0.15) is 0 Å². The molecule has 0 nitrogen and oxygen atoms in total. The maximum Gasteiger partial charge on any atom is 0.241 e. The molecule has 0 amide bonds. The molecule has 0 aromatic rings. The van der Waals surface area contributed by atoms with Crippen LogP contribution in [0.3, 0.4) is 0 Å². The third kappa shape index (κ3) is 3.69. The van der Waals surface area contributed by atoms with E-state index in [1.54, 1.807) is 0 Å². The quantitative estimate of drug-likeness (QED) is 0.552. The number of halogens is 4. The zero-order chi connectivity index (χ0) is 8.15.